The molecule has 2 heteroatoms. The van der Waals surface area contributed by atoms with Gasteiger partial charge in [0.15, 0.2) is 0 Å². The fraction of sp³-hybridized carbons (Fsp3) is 1.00. The molecule has 0 aromatic heterocycles. The van der Waals surface area contributed by atoms with Gasteiger partial charge in [0.2, 0.25) is 0 Å². The Kier molecular flexibility index (Phi) is 3.84. The number of aliphatic hydroxyl groups excluding tert-OH is 1. The first-order valence-corrected chi connectivity index (χ1v) is 7.29. The Morgan fingerprint density at radius 2 is 2.00 bits per heavy atom. The predicted molar refractivity (Wildman–Crippen MR) is 69.6 cm³/mol. The van der Waals surface area contributed by atoms with Crippen molar-refractivity contribution in [2.24, 2.45) is 29.6 Å². The van der Waals surface area contributed by atoms with Crippen molar-refractivity contribution in [1.29, 1.82) is 0 Å². The van der Waals surface area contributed by atoms with Crippen LogP contribution in [0.2, 0.25) is 0 Å². The van der Waals surface area contributed by atoms with Gasteiger partial charge in [-0.1, -0.05) is 20.3 Å². The van der Waals surface area contributed by atoms with Crippen LogP contribution in [0.1, 0.15) is 52.9 Å². The molecule has 2 aliphatic carbocycles. The summed E-state index contributed by atoms with van der Waals surface area (Å²) in [6, 6.07) is 0. The second kappa shape index (κ2) is 4.89. The second-order valence-electron chi connectivity index (χ2n) is 6.88. The maximum Gasteiger partial charge on any atom is 0.0650 e. The minimum absolute atomic E-state index is 0.290. The van der Waals surface area contributed by atoms with E-state index in [0.29, 0.717) is 30.3 Å². The summed E-state index contributed by atoms with van der Waals surface area (Å²) in [5, 5.41) is 20.0. The predicted octanol–water partition coefficient (Wildman–Crippen LogP) is 2.83. The van der Waals surface area contributed by atoms with Crippen LogP contribution in [-0.2, 0) is 0 Å². The van der Waals surface area contributed by atoms with Crippen molar-refractivity contribution in [3.05, 3.63) is 0 Å². The molecule has 2 aliphatic rings. The molecule has 0 saturated heterocycles. The SMILES string of the molecule is CC(CO)[C@H]1CC[C@@](C)(O)[C@H]2CC[C@@H](C)[C@H]2C1. The Morgan fingerprint density at radius 3 is 2.65 bits per heavy atom. The van der Waals surface area contributed by atoms with Crippen LogP contribution in [0.15, 0.2) is 0 Å². The molecule has 0 spiro atoms. The third kappa shape index (κ3) is 2.53. The van der Waals surface area contributed by atoms with Gasteiger partial charge in [-0.3, -0.25) is 0 Å². The van der Waals surface area contributed by atoms with E-state index in [4.69, 9.17) is 0 Å². The molecule has 2 saturated carbocycles. The minimum Gasteiger partial charge on any atom is -0.396 e. The van der Waals surface area contributed by atoms with E-state index in [9.17, 15) is 10.2 Å². The monoisotopic (exact) mass is 240 g/mol. The van der Waals surface area contributed by atoms with Crippen molar-refractivity contribution in [3.63, 3.8) is 0 Å². The number of aliphatic hydroxyl groups is 2. The summed E-state index contributed by atoms with van der Waals surface area (Å²) in [7, 11) is 0. The highest BCUT2D eigenvalue weighted by Gasteiger charge is 2.47. The molecule has 1 unspecified atom stereocenters. The van der Waals surface area contributed by atoms with Crippen LogP contribution in [0.3, 0.4) is 0 Å². The molecule has 0 aromatic carbocycles. The first-order chi connectivity index (χ1) is 7.95. The van der Waals surface area contributed by atoms with Crippen molar-refractivity contribution in [3.8, 4) is 0 Å². The quantitative estimate of drug-likeness (QED) is 0.779. The first kappa shape index (κ1) is 13.4. The second-order valence-corrected chi connectivity index (χ2v) is 6.88. The lowest BCUT2D eigenvalue weighted by Crippen LogP contribution is -2.36. The zero-order valence-corrected chi connectivity index (χ0v) is 11.5. The molecular weight excluding hydrogens is 212 g/mol. The molecule has 0 bridgehead atoms. The summed E-state index contributed by atoms with van der Waals surface area (Å²) >= 11 is 0. The summed E-state index contributed by atoms with van der Waals surface area (Å²) in [6.45, 7) is 6.82. The summed E-state index contributed by atoms with van der Waals surface area (Å²) in [4.78, 5) is 0. The molecule has 0 radical (unpaired) electrons. The molecule has 0 amide bonds. The lowest BCUT2D eigenvalue weighted by atomic mass is 9.77. The van der Waals surface area contributed by atoms with Gasteiger partial charge < -0.3 is 10.2 Å². The maximum absolute atomic E-state index is 10.7. The number of hydrogen-bond acceptors (Lipinski definition) is 2. The molecule has 0 heterocycles. The third-order valence-corrected chi connectivity index (χ3v) is 5.67. The highest BCUT2D eigenvalue weighted by atomic mass is 16.3. The minimum atomic E-state index is -0.473. The third-order valence-electron chi connectivity index (χ3n) is 5.67. The van der Waals surface area contributed by atoms with Gasteiger partial charge in [0.1, 0.15) is 0 Å². The average Bonchev–Trinajstić information content (AvgIpc) is 2.58. The van der Waals surface area contributed by atoms with Crippen LogP contribution >= 0.6 is 0 Å². The first-order valence-electron chi connectivity index (χ1n) is 7.29. The smallest absolute Gasteiger partial charge is 0.0650 e. The van der Waals surface area contributed by atoms with Crippen molar-refractivity contribution in [2.75, 3.05) is 6.61 Å². The van der Waals surface area contributed by atoms with Gasteiger partial charge in [-0.25, -0.2) is 0 Å². The van der Waals surface area contributed by atoms with E-state index in [1.807, 2.05) is 6.92 Å². The Labute approximate surface area is 105 Å². The van der Waals surface area contributed by atoms with E-state index < -0.39 is 5.60 Å². The molecule has 2 fully saturated rings. The molecule has 2 N–H and O–H groups in total. The lowest BCUT2D eigenvalue weighted by molar-refractivity contribution is -0.0208. The largest absolute Gasteiger partial charge is 0.396 e. The Bertz CT molecular complexity index is 262. The van der Waals surface area contributed by atoms with Crippen molar-refractivity contribution in [1.82, 2.24) is 0 Å². The number of fused-ring (bicyclic) bond motifs is 1. The van der Waals surface area contributed by atoms with E-state index in [1.165, 1.54) is 19.3 Å². The molecule has 100 valence electrons. The van der Waals surface area contributed by atoms with Crippen LogP contribution in [0.25, 0.3) is 0 Å². The maximum atomic E-state index is 10.7. The van der Waals surface area contributed by atoms with Gasteiger partial charge in [0, 0.05) is 6.61 Å². The van der Waals surface area contributed by atoms with Gasteiger partial charge >= 0.3 is 0 Å². The summed E-state index contributed by atoms with van der Waals surface area (Å²) in [6.07, 6.45) is 5.67. The molecule has 0 aromatic rings. The zero-order valence-electron chi connectivity index (χ0n) is 11.5. The molecule has 2 nitrogen and oxygen atoms in total. The van der Waals surface area contributed by atoms with Gasteiger partial charge in [0.05, 0.1) is 5.60 Å². The molecule has 17 heavy (non-hydrogen) atoms. The van der Waals surface area contributed by atoms with Crippen LogP contribution in [0.5, 0.6) is 0 Å². The standard InChI is InChI=1S/C15H28O2/c1-10-4-5-14-13(10)8-12(11(2)9-16)6-7-15(14,3)17/h10-14,16-17H,4-9H2,1-3H3/t10-,11?,12+,13-,14+,15-/m1/s1. The molecule has 0 aliphatic heterocycles. The zero-order chi connectivity index (χ0) is 12.6. The molecular formula is C15H28O2. The molecule has 2 rings (SSSR count). The van der Waals surface area contributed by atoms with Crippen LogP contribution in [0.4, 0.5) is 0 Å². The highest BCUT2D eigenvalue weighted by Crippen LogP contribution is 2.51. The number of rotatable bonds is 2. The normalized spacial score (nSPS) is 48.5. The van der Waals surface area contributed by atoms with Gasteiger partial charge in [0.25, 0.3) is 0 Å². The fourth-order valence-corrected chi connectivity index (χ4v) is 4.23. The van der Waals surface area contributed by atoms with Crippen molar-refractivity contribution >= 4 is 0 Å². The van der Waals surface area contributed by atoms with Crippen molar-refractivity contribution in [2.45, 2.75) is 58.5 Å². The topological polar surface area (TPSA) is 40.5 Å². The van der Waals surface area contributed by atoms with E-state index in [-0.39, 0.29) is 0 Å². The van der Waals surface area contributed by atoms with E-state index in [1.54, 1.807) is 0 Å². The van der Waals surface area contributed by atoms with Gasteiger partial charge in [-0.15, -0.1) is 0 Å². The van der Waals surface area contributed by atoms with E-state index in [2.05, 4.69) is 13.8 Å². The van der Waals surface area contributed by atoms with Crippen LogP contribution in [0, 0.1) is 29.6 Å². The van der Waals surface area contributed by atoms with Gasteiger partial charge in [-0.2, -0.15) is 0 Å². The van der Waals surface area contributed by atoms with Crippen LogP contribution in [-0.4, -0.2) is 22.4 Å². The average molecular weight is 240 g/mol. The highest BCUT2D eigenvalue weighted by molar-refractivity contribution is 4.97. The summed E-state index contributed by atoms with van der Waals surface area (Å²) < 4.78 is 0. The summed E-state index contributed by atoms with van der Waals surface area (Å²) in [5.74, 6) is 2.90. The van der Waals surface area contributed by atoms with Gasteiger partial charge in [-0.05, 0) is 62.2 Å². The van der Waals surface area contributed by atoms with E-state index in [0.717, 1.165) is 18.8 Å². The summed E-state index contributed by atoms with van der Waals surface area (Å²) in [5.41, 5.74) is -0.473. The molecule has 6 atom stereocenters. The number of hydrogen-bond donors (Lipinski definition) is 2. The lowest BCUT2D eigenvalue weighted by Gasteiger charge is -2.33. The Morgan fingerprint density at radius 1 is 1.29 bits per heavy atom. The van der Waals surface area contributed by atoms with Crippen molar-refractivity contribution < 1.29 is 10.2 Å². The van der Waals surface area contributed by atoms with E-state index >= 15 is 0 Å². The Hall–Kier alpha value is -0.0800. The Balaban J connectivity index is 2.15. The van der Waals surface area contributed by atoms with Crippen LogP contribution < -0.4 is 0 Å². The fourth-order valence-electron chi connectivity index (χ4n) is 4.23.